The van der Waals surface area contributed by atoms with E-state index in [1.807, 2.05) is 0 Å². The maximum absolute atomic E-state index is 12.6. The molecule has 158 valence electrons. The van der Waals surface area contributed by atoms with E-state index in [4.69, 9.17) is 0 Å². The maximum Gasteiger partial charge on any atom is 0.491 e. The van der Waals surface area contributed by atoms with Gasteiger partial charge in [0.05, 0.1) is 0 Å². The molecular formula is C18H20F6O4. The molecule has 0 aliphatic heterocycles. The molecule has 0 atom stereocenters. The number of halogens is 6. The first-order valence-electron chi connectivity index (χ1n) is 8.01. The highest BCUT2D eigenvalue weighted by Crippen LogP contribution is 2.42. The lowest BCUT2D eigenvalue weighted by Gasteiger charge is -2.28. The summed E-state index contributed by atoms with van der Waals surface area (Å²) in [5, 5.41) is 0. The second kappa shape index (κ2) is 7.29. The summed E-state index contributed by atoms with van der Waals surface area (Å²) in [6, 6.07) is 1.98. The predicted octanol–water partition coefficient (Wildman–Crippen LogP) is 5.22. The number of carbonyl (C=O) groups excluding carboxylic acids is 2. The van der Waals surface area contributed by atoms with Crippen LogP contribution in [0.1, 0.15) is 52.7 Å². The molecule has 0 heterocycles. The Balaban J connectivity index is 3.66. The summed E-state index contributed by atoms with van der Waals surface area (Å²) in [4.78, 5) is 22.6. The van der Waals surface area contributed by atoms with Crippen LogP contribution in [0.3, 0.4) is 0 Å². The van der Waals surface area contributed by atoms with Gasteiger partial charge >= 0.3 is 24.3 Å². The molecule has 0 aliphatic rings. The Kier molecular flexibility index (Phi) is 6.19. The van der Waals surface area contributed by atoms with Crippen LogP contribution in [-0.4, -0.2) is 24.3 Å². The van der Waals surface area contributed by atoms with Crippen molar-refractivity contribution in [3.8, 4) is 11.5 Å². The van der Waals surface area contributed by atoms with Gasteiger partial charge in [-0.3, -0.25) is 0 Å². The third-order valence-corrected chi connectivity index (χ3v) is 3.57. The Morgan fingerprint density at radius 3 is 1.07 bits per heavy atom. The van der Waals surface area contributed by atoms with E-state index in [1.54, 1.807) is 41.5 Å². The normalized spacial score (nSPS) is 13.3. The van der Waals surface area contributed by atoms with Crippen molar-refractivity contribution in [2.24, 2.45) is 0 Å². The number of alkyl halides is 6. The van der Waals surface area contributed by atoms with Crippen LogP contribution in [-0.2, 0) is 20.4 Å². The minimum Gasteiger partial charge on any atom is -0.420 e. The molecule has 1 aromatic rings. The van der Waals surface area contributed by atoms with Gasteiger partial charge in [-0.2, -0.15) is 26.3 Å². The highest BCUT2D eigenvalue weighted by molar-refractivity contribution is 5.80. The fourth-order valence-corrected chi connectivity index (χ4v) is 2.22. The number of rotatable bonds is 2. The van der Waals surface area contributed by atoms with Crippen molar-refractivity contribution in [3.63, 3.8) is 0 Å². The summed E-state index contributed by atoms with van der Waals surface area (Å²) < 4.78 is 84.6. The van der Waals surface area contributed by atoms with E-state index < -0.39 is 46.6 Å². The van der Waals surface area contributed by atoms with Crippen molar-refractivity contribution in [2.45, 2.75) is 64.7 Å². The van der Waals surface area contributed by atoms with Crippen molar-refractivity contribution >= 4 is 11.9 Å². The predicted molar refractivity (Wildman–Crippen MR) is 87.2 cm³/mol. The van der Waals surface area contributed by atoms with Gasteiger partial charge in [0.25, 0.3) is 0 Å². The van der Waals surface area contributed by atoms with Crippen LogP contribution < -0.4 is 9.47 Å². The monoisotopic (exact) mass is 414 g/mol. The Morgan fingerprint density at radius 1 is 0.643 bits per heavy atom. The lowest BCUT2D eigenvalue weighted by molar-refractivity contribution is -0.190. The molecule has 0 bridgehead atoms. The Bertz CT molecular complexity index is 699. The first-order chi connectivity index (χ1) is 12.2. The molecule has 0 radical (unpaired) electrons. The van der Waals surface area contributed by atoms with E-state index in [-0.39, 0.29) is 11.1 Å². The molecule has 0 amide bonds. The van der Waals surface area contributed by atoms with Gasteiger partial charge in [-0.05, 0) is 23.0 Å². The summed E-state index contributed by atoms with van der Waals surface area (Å²) in [6.45, 7) is 9.25. The molecule has 0 saturated carbocycles. The minimum atomic E-state index is -5.27. The molecule has 0 aromatic heterocycles. The molecule has 0 spiro atoms. The van der Waals surface area contributed by atoms with Crippen LogP contribution in [0.2, 0.25) is 0 Å². The molecule has 0 unspecified atom stereocenters. The largest absolute Gasteiger partial charge is 0.491 e. The third kappa shape index (κ3) is 5.87. The van der Waals surface area contributed by atoms with Gasteiger partial charge in [-0.15, -0.1) is 0 Å². The van der Waals surface area contributed by atoms with Gasteiger partial charge in [0.1, 0.15) is 11.5 Å². The number of hydrogen-bond donors (Lipinski definition) is 0. The van der Waals surface area contributed by atoms with Gasteiger partial charge in [0.2, 0.25) is 0 Å². The van der Waals surface area contributed by atoms with E-state index in [0.717, 1.165) is 12.1 Å². The second-order valence-corrected chi connectivity index (χ2v) is 8.12. The Labute approximate surface area is 157 Å². The summed E-state index contributed by atoms with van der Waals surface area (Å²) in [7, 11) is 0. The van der Waals surface area contributed by atoms with Gasteiger partial charge in [0.15, 0.2) is 0 Å². The van der Waals surface area contributed by atoms with E-state index >= 15 is 0 Å². The van der Waals surface area contributed by atoms with Crippen LogP contribution in [0.15, 0.2) is 12.1 Å². The maximum atomic E-state index is 12.6. The van der Waals surface area contributed by atoms with Crippen molar-refractivity contribution in [3.05, 3.63) is 23.3 Å². The quantitative estimate of drug-likeness (QED) is 0.378. The molecule has 10 heteroatoms. The molecular weight excluding hydrogens is 394 g/mol. The Morgan fingerprint density at radius 2 is 0.893 bits per heavy atom. The fraction of sp³-hybridized carbons (Fsp3) is 0.556. The average molecular weight is 414 g/mol. The SMILES string of the molecule is CC(C)(C)c1cc(OC(=O)C(F)(F)F)c(C(C)(C)C)cc1OC(=O)C(F)(F)F. The van der Waals surface area contributed by atoms with Crippen LogP contribution >= 0.6 is 0 Å². The zero-order valence-corrected chi connectivity index (χ0v) is 16.1. The van der Waals surface area contributed by atoms with E-state index in [0.29, 0.717) is 0 Å². The summed E-state index contributed by atoms with van der Waals surface area (Å²) >= 11 is 0. The number of esters is 2. The van der Waals surface area contributed by atoms with E-state index in [2.05, 4.69) is 9.47 Å². The highest BCUT2D eigenvalue weighted by atomic mass is 19.4. The lowest BCUT2D eigenvalue weighted by Crippen LogP contribution is -2.31. The molecule has 0 saturated heterocycles. The van der Waals surface area contributed by atoms with Crippen molar-refractivity contribution in [2.75, 3.05) is 0 Å². The molecule has 4 nitrogen and oxygen atoms in total. The topological polar surface area (TPSA) is 52.6 Å². The Hall–Kier alpha value is -2.26. The van der Waals surface area contributed by atoms with Crippen molar-refractivity contribution in [1.82, 2.24) is 0 Å². The first-order valence-corrected chi connectivity index (χ1v) is 8.01. The minimum absolute atomic E-state index is 0.0388. The zero-order valence-electron chi connectivity index (χ0n) is 16.1. The van der Waals surface area contributed by atoms with Crippen LogP contribution in [0.5, 0.6) is 11.5 Å². The third-order valence-electron chi connectivity index (χ3n) is 3.57. The summed E-state index contributed by atoms with van der Waals surface area (Å²) in [5.74, 6) is -5.91. The lowest BCUT2D eigenvalue weighted by atomic mass is 9.81. The second-order valence-electron chi connectivity index (χ2n) is 8.12. The first kappa shape index (κ1) is 23.8. The number of benzene rings is 1. The molecule has 0 fully saturated rings. The van der Waals surface area contributed by atoms with Gasteiger partial charge in [-0.1, -0.05) is 41.5 Å². The smallest absolute Gasteiger partial charge is 0.420 e. The number of hydrogen-bond acceptors (Lipinski definition) is 4. The standard InChI is InChI=1S/C18H20F6O4/c1-15(2,3)9-7-12(28-14(26)18(22,23)24)10(16(4,5)6)8-11(9)27-13(25)17(19,20)21/h7-8H,1-6H3. The molecule has 1 rings (SSSR count). The molecule has 0 aliphatic carbocycles. The summed E-state index contributed by atoms with van der Waals surface area (Å²) in [6.07, 6.45) is -10.5. The van der Waals surface area contributed by atoms with E-state index in [9.17, 15) is 35.9 Å². The molecule has 1 aromatic carbocycles. The number of ether oxygens (including phenoxy) is 2. The van der Waals surface area contributed by atoms with E-state index in [1.165, 1.54) is 0 Å². The summed E-state index contributed by atoms with van der Waals surface area (Å²) in [5.41, 5.74) is -1.97. The van der Waals surface area contributed by atoms with Gasteiger partial charge < -0.3 is 9.47 Å². The van der Waals surface area contributed by atoms with Crippen molar-refractivity contribution in [1.29, 1.82) is 0 Å². The zero-order chi connectivity index (χ0) is 22.3. The number of carbonyl (C=O) groups is 2. The van der Waals surface area contributed by atoms with Gasteiger partial charge in [-0.25, -0.2) is 9.59 Å². The van der Waals surface area contributed by atoms with Crippen LogP contribution in [0, 0.1) is 0 Å². The highest BCUT2D eigenvalue weighted by Gasteiger charge is 2.44. The van der Waals surface area contributed by atoms with Gasteiger partial charge in [0, 0.05) is 11.1 Å². The van der Waals surface area contributed by atoms with Crippen molar-refractivity contribution < 1.29 is 45.4 Å². The average Bonchev–Trinajstić information content (AvgIpc) is 2.43. The fourth-order valence-electron chi connectivity index (χ4n) is 2.22. The van der Waals surface area contributed by atoms with Crippen LogP contribution in [0.25, 0.3) is 0 Å². The molecule has 0 N–H and O–H groups in total. The molecule has 28 heavy (non-hydrogen) atoms. The van der Waals surface area contributed by atoms with Crippen LogP contribution in [0.4, 0.5) is 26.3 Å².